The van der Waals surface area contributed by atoms with Crippen molar-refractivity contribution in [1.29, 1.82) is 0 Å². The second-order valence-corrected chi connectivity index (χ2v) is 7.06. The van der Waals surface area contributed by atoms with Gasteiger partial charge in [-0.2, -0.15) is 10.2 Å². The number of rotatable bonds is 6. The van der Waals surface area contributed by atoms with Gasteiger partial charge in [-0.25, -0.2) is 4.98 Å². The number of fused-ring (bicyclic) bond motifs is 1. The van der Waals surface area contributed by atoms with E-state index in [0.717, 1.165) is 72.1 Å². The minimum absolute atomic E-state index is 0.667. The topological polar surface area (TPSA) is 95.5 Å². The summed E-state index contributed by atoms with van der Waals surface area (Å²) in [6.07, 6.45) is 1.51. The predicted octanol–water partition coefficient (Wildman–Crippen LogP) is 2.24. The lowest BCUT2D eigenvalue weighted by molar-refractivity contribution is -0.0916. The highest BCUT2D eigenvalue weighted by atomic mass is 16.5. The molecule has 2 aromatic carbocycles. The number of hydrogen-bond acceptors (Lipinski definition) is 5. The smallest absolute Gasteiger partial charge is 0.157 e. The summed E-state index contributed by atoms with van der Waals surface area (Å²) in [5, 5.41) is 15.5. The molecule has 1 aliphatic rings. The minimum atomic E-state index is 0.667. The molecule has 3 heterocycles. The Bertz CT molecular complexity index is 1090. The van der Waals surface area contributed by atoms with Crippen molar-refractivity contribution in [2.45, 2.75) is 0 Å². The number of nitrogens with zero attached hydrogens (tertiary/aromatic N) is 4. The summed E-state index contributed by atoms with van der Waals surface area (Å²) in [5.74, 6) is 1.59. The normalized spacial score (nSPS) is 15.0. The first-order valence-corrected chi connectivity index (χ1v) is 9.79. The van der Waals surface area contributed by atoms with Gasteiger partial charge in [0.15, 0.2) is 19.0 Å². The van der Waals surface area contributed by atoms with E-state index in [1.165, 1.54) is 6.33 Å². The van der Waals surface area contributed by atoms with E-state index in [4.69, 9.17) is 4.74 Å². The molecular formula is C21H23N6O2+. The molecule has 3 N–H and O–H groups in total. The van der Waals surface area contributed by atoms with Gasteiger partial charge in [0.2, 0.25) is 0 Å². The molecule has 0 saturated carbocycles. The summed E-state index contributed by atoms with van der Waals surface area (Å²) in [7, 11) is 0. The van der Waals surface area contributed by atoms with E-state index in [0.29, 0.717) is 6.61 Å². The maximum absolute atomic E-state index is 6.01. The molecular weight excluding hydrogens is 368 g/mol. The molecule has 5 rings (SSSR count). The van der Waals surface area contributed by atoms with Crippen LogP contribution < -0.4 is 4.74 Å². The second-order valence-electron chi connectivity index (χ2n) is 7.06. The van der Waals surface area contributed by atoms with Crippen LogP contribution >= 0.6 is 0 Å². The number of aliphatic hydroxyl groups is 2. The SMILES string of the molecule is c1cc(OCCN2CC[OH+]CC2)cc(-c2n[nH]c3ccc(-c4ncn[nH]4)cc23)c1. The van der Waals surface area contributed by atoms with E-state index < -0.39 is 0 Å². The van der Waals surface area contributed by atoms with Crippen LogP contribution in [0.4, 0.5) is 0 Å². The van der Waals surface area contributed by atoms with E-state index in [2.05, 4.69) is 47.1 Å². The third-order valence-electron chi connectivity index (χ3n) is 5.18. The van der Waals surface area contributed by atoms with Crippen LogP contribution in [-0.2, 0) is 0 Å². The number of hydrogen-bond donors (Lipinski definition) is 2. The van der Waals surface area contributed by atoms with Gasteiger partial charge in [0.1, 0.15) is 24.4 Å². The zero-order valence-electron chi connectivity index (χ0n) is 16.0. The van der Waals surface area contributed by atoms with E-state index in [1.54, 1.807) is 0 Å². The van der Waals surface area contributed by atoms with E-state index >= 15 is 0 Å². The number of benzene rings is 2. The lowest BCUT2D eigenvalue weighted by atomic mass is 10.1. The van der Waals surface area contributed by atoms with Crippen molar-refractivity contribution in [3.63, 3.8) is 0 Å². The summed E-state index contributed by atoms with van der Waals surface area (Å²) in [6.45, 7) is 5.49. The summed E-state index contributed by atoms with van der Waals surface area (Å²) in [5.41, 5.74) is 3.85. The molecule has 148 valence electrons. The predicted molar refractivity (Wildman–Crippen MR) is 111 cm³/mol. The van der Waals surface area contributed by atoms with Gasteiger partial charge >= 0.3 is 0 Å². The zero-order valence-corrected chi connectivity index (χ0v) is 16.0. The van der Waals surface area contributed by atoms with Crippen molar-refractivity contribution in [3.05, 3.63) is 48.8 Å². The van der Waals surface area contributed by atoms with Gasteiger partial charge in [0.05, 0.1) is 18.6 Å². The van der Waals surface area contributed by atoms with E-state index in [9.17, 15) is 0 Å². The van der Waals surface area contributed by atoms with Gasteiger partial charge in [-0.05, 0) is 30.3 Å². The molecule has 8 nitrogen and oxygen atoms in total. The summed E-state index contributed by atoms with van der Waals surface area (Å²) in [6, 6.07) is 14.2. The molecule has 2 aromatic heterocycles. The third-order valence-corrected chi connectivity index (χ3v) is 5.18. The Kier molecular flexibility index (Phi) is 4.93. The molecule has 29 heavy (non-hydrogen) atoms. The minimum Gasteiger partial charge on any atom is -0.492 e. The molecule has 1 aliphatic heterocycles. The van der Waals surface area contributed by atoms with Crippen molar-refractivity contribution in [3.8, 4) is 28.4 Å². The Labute approximate surface area is 167 Å². The molecule has 0 unspecified atom stereocenters. The molecule has 1 fully saturated rings. The van der Waals surface area contributed by atoms with Gasteiger partial charge in [0, 0.05) is 23.1 Å². The lowest BCUT2D eigenvalue weighted by Crippen LogP contribution is -2.40. The van der Waals surface area contributed by atoms with Crippen LogP contribution in [0.2, 0.25) is 0 Å². The second kappa shape index (κ2) is 8.02. The first kappa shape index (κ1) is 17.8. The first-order valence-electron chi connectivity index (χ1n) is 9.79. The fraction of sp³-hybridized carbons (Fsp3) is 0.286. The average Bonchev–Trinajstić information content (AvgIpc) is 3.44. The monoisotopic (exact) mass is 391 g/mol. The molecule has 0 spiro atoms. The average molecular weight is 391 g/mol. The van der Waals surface area contributed by atoms with Gasteiger partial charge in [0.25, 0.3) is 0 Å². The molecule has 1 saturated heterocycles. The number of nitrogens with one attached hydrogen (secondary N) is 2. The van der Waals surface area contributed by atoms with Gasteiger partial charge in [-0.3, -0.25) is 15.1 Å². The quantitative estimate of drug-likeness (QED) is 0.492. The van der Waals surface area contributed by atoms with Crippen molar-refractivity contribution < 1.29 is 9.47 Å². The highest BCUT2D eigenvalue weighted by molar-refractivity contribution is 5.95. The highest BCUT2D eigenvalue weighted by Gasteiger charge is 2.14. The fourth-order valence-electron chi connectivity index (χ4n) is 3.62. The molecule has 0 atom stereocenters. The Balaban J connectivity index is 1.36. The molecule has 4 aromatic rings. The Morgan fingerprint density at radius 2 is 1.97 bits per heavy atom. The van der Waals surface area contributed by atoms with Crippen molar-refractivity contribution in [1.82, 2.24) is 30.3 Å². The van der Waals surface area contributed by atoms with Crippen molar-refractivity contribution in [2.75, 3.05) is 39.5 Å². The van der Waals surface area contributed by atoms with Crippen LogP contribution in [0.15, 0.2) is 48.8 Å². The van der Waals surface area contributed by atoms with E-state index in [1.807, 2.05) is 30.3 Å². The Morgan fingerprint density at radius 1 is 1.03 bits per heavy atom. The Morgan fingerprint density at radius 3 is 2.83 bits per heavy atom. The van der Waals surface area contributed by atoms with Crippen molar-refractivity contribution >= 4 is 10.9 Å². The largest absolute Gasteiger partial charge is 0.492 e. The summed E-state index contributed by atoms with van der Waals surface area (Å²) >= 11 is 0. The van der Waals surface area contributed by atoms with E-state index in [-0.39, 0.29) is 0 Å². The molecule has 0 aliphatic carbocycles. The molecule has 0 bridgehead atoms. The summed E-state index contributed by atoms with van der Waals surface area (Å²) in [4.78, 5) is 6.63. The number of ether oxygens (including phenoxy) is 2. The number of H-pyrrole nitrogens is 2. The molecule has 0 amide bonds. The van der Waals surface area contributed by atoms with Gasteiger partial charge in [-0.15, -0.1) is 0 Å². The molecule has 0 radical (unpaired) electrons. The van der Waals surface area contributed by atoms with Crippen LogP contribution in [0.3, 0.4) is 0 Å². The number of morpholine rings is 1. The van der Waals surface area contributed by atoms with Crippen LogP contribution in [0.5, 0.6) is 5.75 Å². The molecule has 8 heteroatoms. The number of aromatic nitrogens is 5. The van der Waals surface area contributed by atoms with Crippen LogP contribution in [-0.4, -0.2) is 74.5 Å². The fourth-order valence-corrected chi connectivity index (χ4v) is 3.62. The van der Waals surface area contributed by atoms with Gasteiger partial charge < -0.3 is 9.47 Å². The third kappa shape index (κ3) is 3.85. The summed E-state index contributed by atoms with van der Waals surface area (Å²) < 4.78 is 10.4. The van der Waals surface area contributed by atoms with Gasteiger partial charge in [-0.1, -0.05) is 12.1 Å². The van der Waals surface area contributed by atoms with Crippen LogP contribution in [0.25, 0.3) is 33.5 Å². The van der Waals surface area contributed by atoms with Crippen LogP contribution in [0, 0.1) is 0 Å². The standard InChI is InChI=1S/C21H22N6O2/c1-2-15(12-17(3-1)29-11-8-27-6-9-28-10-7-27)20-18-13-16(21-22-14-23-26-21)4-5-19(18)24-25-20/h1-5,12-14H,6-11H2,(H,24,25)(H,22,23,26)/p+1. The lowest BCUT2D eigenvalue weighted by Gasteiger charge is -2.23. The van der Waals surface area contributed by atoms with Crippen LogP contribution in [0.1, 0.15) is 0 Å². The maximum atomic E-state index is 6.01. The number of aromatic amines is 2. The Hall–Kier alpha value is -3.23. The zero-order chi connectivity index (χ0) is 19.5. The van der Waals surface area contributed by atoms with Crippen molar-refractivity contribution in [2.24, 2.45) is 0 Å². The maximum Gasteiger partial charge on any atom is 0.157 e. The highest BCUT2D eigenvalue weighted by Crippen LogP contribution is 2.31. The first-order chi connectivity index (χ1) is 14.4.